The molecule has 0 radical (unpaired) electrons. The van der Waals surface area contributed by atoms with E-state index in [-0.39, 0.29) is 5.56 Å². The Morgan fingerprint density at radius 1 is 1.22 bits per heavy atom. The zero-order valence-corrected chi connectivity index (χ0v) is 12.0. The second-order valence-electron chi connectivity index (χ2n) is 5.35. The van der Waals surface area contributed by atoms with Crippen molar-refractivity contribution in [2.24, 2.45) is 0 Å². The van der Waals surface area contributed by atoms with Gasteiger partial charge >= 0.3 is 0 Å². The summed E-state index contributed by atoms with van der Waals surface area (Å²) < 4.78 is 42.7. The SMILES string of the molecule is Cc1cc2cc(-c3c(C(F)F)c(F)cc4[nH]ncc34)ccn2n1. The van der Waals surface area contributed by atoms with E-state index >= 15 is 0 Å². The summed E-state index contributed by atoms with van der Waals surface area (Å²) in [6.45, 7) is 1.84. The molecule has 0 aliphatic carbocycles. The Morgan fingerprint density at radius 2 is 2.04 bits per heavy atom. The highest BCUT2D eigenvalue weighted by Gasteiger charge is 2.23. The number of aromatic amines is 1. The number of fused-ring (bicyclic) bond motifs is 2. The number of rotatable bonds is 2. The van der Waals surface area contributed by atoms with Gasteiger partial charge in [-0.25, -0.2) is 17.7 Å². The standard InChI is InChI=1S/C16H11F3N4/c1-8-4-10-5-9(2-3-23(10)22-8)14-11-7-20-21-13(11)6-12(17)15(14)16(18)19/h2-7,16H,1H3,(H,20,21). The van der Waals surface area contributed by atoms with Crippen LogP contribution < -0.4 is 0 Å². The van der Waals surface area contributed by atoms with Crippen LogP contribution in [0.4, 0.5) is 13.2 Å². The maximum atomic E-state index is 14.2. The topological polar surface area (TPSA) is 46.0 Å². The van der Waals surface area contributed by atoms with Gasteiger partial charge in [0.2, 0.25) is 0 Å². The minimum atomic E-state index is -2.92. The molecule has 0 spiro atoms. The molecule has 0 fully saturated rings. The van der Waals surface area contributed by atoms with E-state index in [1.807, 2.05) is 13.0 Å². The number of hydrogen-bond acceptors (Lipinski definition) is 2. The molecule has 1 N–H and O–H groups in total. The van der Waals surface area contributed by atoms with Crippen LogP contribution in [0.1, 0.15) is 17.7 Å². The van der Waals surface area contributed by atoms with Crippen LogP contribution in [0.2, 0.25) is 0 Å². The highest BCUT2D eigenvalue weighted by atomic mass is 19.3. The minimum absolute atomic E-state index is 0.158. The van der Waals surface area contributed by atoms with Gasteiger partial charge in [-0.05, 0) is 30.7 Å². The van der Waals surface area contributed by atoms with Crippen LogP contribution in [0.25, 0.3) is 27.5 Å². The van der Waals surface area contributed by atoms with E-state index in [1.165, 1.54) is 6.20 Å². The van der Waals surface area contributed by atoms with Crippen LogP contribution in [0.15, 0.2) is 36.7 Å². The molecule has 3 heterocycles. The lowest BCUT2D eigenvalue weighted by atomic mass is 9.96. The maximum Gasteiger partial charge on any atom is 0.267 e. The third-order valence-electron chi connectivity index (χ3n) is 3.83. The second-order valence-corrected chi connectivity index (χ2v) is 5.35. The zero-order valence-electron chi connectivity index (χ0n) is 12.0. The van der Waals surface area contributed by atoms with Gasteiger partial charge in [-0.15, -0.1) is 0 Å². The molecule has 116 valence electrons. The van der Waals surface area contributed by atoms with E-state index in [4.69, 9.17) is 0 Å². The van der Waals surface area contributed by atoms with Crippen molar-refractivity contribution >= 4 is 16.4 Å². The van der Waals surface area contributed by atoms with E-state index in [0.29, 0.717) is 16.5 Å². The first-order valence-corrected chi connectivity index (χ1v) is 6.94. The van der Waals surface area contributed by atoms with Gasteiger partial charge < -0.3 is 0 Å². The van der Waals surface area contributed by atoms with Crippen LogP contribution in [0.5, 0.6) is 0 Å². The Balaban J connectivity index is 2.08. The fraction of sp³-hybridized carbons (Fsp3) is 0.125. The molecule has 3 aromatic heterocycles. The molecular weight excluding hydrogens is 305 g/mol. The zero-order chi connectivity index (χ0) is 16.1. The molecule has 4 nitrogen and oxygen atoms in total. The third kappa shape index (κ3) is 2.08. The quantitative estimate of drug-likeness (QED) is 0.600. The van der Waals surface area contributed by atoms with E-state index in [1.54, 1.807) is 22.8 Å². The van der Waals surface area contributed by atoms with Crippen molar-refractivity contribution in [3.63, 3.8) is 0 Å². The van der Waals surface area contributed by atoms with Crippen molar-refractivity contribution in [1.29, 1.82) is 0 Å². The Morgan fingerprint density at radius 3 is 2.83 bits per heavy atom. The van der Waals surface area contributed by atoms with Gasteiger partial charge in [0.1, 0.15) is 5.82 Å². The number of aromatic nitrogens is 4. The summed E-state index contributed by atoms with van der Waals surface area (Å²) in [5.74, 6) is -0.948. The second kappa shape index (κ2) is 4.84. The molecule has 0 bridgehead atoms. The summed E-state index contributed by atoms with van der Waals surface area (Å²) in [7, 11) is 0. The molecule has 4 aromatic rings. The Labute approximate surface area is 128 Å². The number of alkyl halides is 2. The lowest BCUT2D eigenvalue weighted by molar-refractivity contribution is 0.147. The van der Waals surface area contributed by atoms with E-state index in [9.17, 15) is 13.2 Å². The van der Waals surface area contributed by atoms with Gasteiger partial charge in [0.25, 0.3) is 6.43 Å². The summed E-state index contributed by atoms with van der Waals surface area (Å²) in [6.07, 6.45) is 0.179. The molecule has 0 amide bonds. The van der Waals surface area contributed by atoms with Crippen molar-refractivity contribution in [1.82, 2.24) is 19.8 Å². The molecule has 7 heteroatoms. The van der Waals surface area contributed by atoms with Gasteiger partial charge in [0, 0.05) is 23.2 Å². The van der Waals surface area contributed by atoms with Crippen LogP contribution in [0.3, 0.4) is 0 Å². The molecule has 23 heavy (non-hydrogen) atoms. The summed E-state index contributed by atoms with van der Waals surface area (Å²) in [5, 5.41) is 11.2. The fourth-order valence-electron chi connectivity index (χ4n) is 2.88. The third-order valence-corrected chi connectivity index (χ3v) is 3.83. The summed E-state index contributed by atoms with van der Waals surface area (Å²) >= 11 is 0. The number of benzene rings is 1. The van der Waals surface area contributed by atoms with Crippen LogP contribution >= 0.6 is 0 Å². The monoisotopic (exact) mass is 316 g/mol. The predicted molar refractivity (Wildman–Crippen MR) is 79.9 cm³/mol. The Kier molecular flexibility index (Phi) is 2.90. The molecule has 4 rings (SSSR count). The Bertz CT molecular complexity index is 1030. The first kappa shape index (κ1) is 13.8. The van der Waals surface area contributed by atoms with Gasteiger partial charge in [0.15, 0.2) is 0 Å². The summed E-state index contributed by atoms with van der Waals surface area (Å²) in [6, 6.07) is 6.24. The number of aryl methyl sites for hydroxylation is 1. The number of halogens is 3. The summed E-state index contributed by atoms with van der Waals surface area (Å²) in [5.41, 5.74) is 1.99. The van der Waals surface area contributed by atoms with Crippen molar-refractivity contribution < 1.29 is 13.2 Å². The molecule has 1 aromatic carbocycles. The summed E-state index contributed by atoms with van der Waals surface area (Å²) in [4.78, 5) is 0. The van der Waals surface area contributed by atoms with Crippen molar-refractivity contribution in [3.8, 4) is 11.1 Å². The van der Waals surface area contributed by atoms with Crippen molar-refractivity contribution in [2.75, 3.05) is 0 Å². The highest BCUT2D eigenvalue weighted by Crippen LogP contribution is 2.38. The number of H-pyrrole nitrogens is 1. The molecule has 0 unspecified atom stereocenters. The molecule has 0 aliphatic heterocycles. The fourth-order valence-corrected chi connectivity index (χ4v) is 2.88. The van der Waals surface area contributed by atoms with Gasteiger partial charge in [0.05, 0.1) is 28.5 Å². The first-order chi connectivity index (χ1) is 11.0. The largest absolute Gasteiger partial charge is 0.278 e. The smallest absolute Gasteiger partial charge is 0.267 e. The van der Waals surface area contributed by atoms with Crippen molar-refractivity contribution in [2.45, 2.75) is 13.3 Å². The van der Waals surface area contributed by atoms with Crippen LogP contribution in [-0.2, 0) is 0 Å². The lowest BCUT2D eigenvalue weighted by Crippen LogP contribution is -1.97. The van der Waals surface area contributed by atoms with Gasteiger partial charge in [-0.1, -0.05) is 0 Å². The van der Waals surface area contributed by atoms with Gasteiger partial charge in [-0.2, -0.15) is 10.2 Å². The predicted octanol–water partition coefficient (Wildman–Crippen LogP) is 4.26. The maximum absolute atomic E-state index is 14.2. The van der Waals surface area contributed by atoms with Crippen LogP contribution in [0, 0.1) is 12.7 Å². The molecular formula is C16H11F3N4. The average Bonchev–Trinajstić information content (AvgIpc) is 3.09. The molecule has 0 aliphatic rings. The normalized spacial score (nSPS) is 11.9. The Hall–Kier alpha value is -2.83. The van der Waals surface area contributed by atoms with E-state index in [2.05, 4.69) is 15.3 Å². The van der Waals surface area contributed by atoms with E-state index < -0.39 is 17.8 Å². The first-order valence-electron chi connectivity index (χ1n) is 6.94. The number of hydrogen-bond donors (Lipinski definition) is 1. The minimum Gasteiger partial charge on any atom is -0.278 e. The molecule has 0 atom stereocenters. The number of nitrogens with one attached hydrogen (secondary N) is 1. The van der Waals surface area contributed by atoms with Gasteiger partial charge in [-0.3, -0.25) is 5.10 Å². The van der Waals surface area contributed by atoms with E-state index in [0.717, 1.165) is 17.3 Å². The highest BCUT2D eigenvalue weighted by molar-refractivity contribution is 5.97. The molecule has 0 saturated heterocycles. The number of pyridine rings is 1. The van der Waals surface area contributed by atoms with Crippen LogP contribution in [-0.4, -0.2) is 19.8 Å². The number of nitrogens with zero attached hydrogens (tertiary/aromatic N) is 3. The molecule has 0 saturated carbocycles. The average molecular weight is 316 g/mol. The lowest BCUT2D eigenvalue weighted by Gasteiger charge is -2.12. The van der Waals surface area contributed by atoms with Crippen molar-refractivity contribution in [3.05, 3.63) is 53.7 Å².